The van der Waals surface area contributed by atoms with Crippen LogP contribution in [0, 0.1) is 31.6 Å². The third-order valence-corrected chi connectivity index (χ3v) is 6.18. The van der Waals surface area contributed by atoms with Gasteiger partial charge in [0.1, 0.15) is 17.8 Å². The Morgan fingerprint density at radius 1 is 1.24 bits per heavy atom. The molecule has 2 fully saturated rings. The van der Waals surface area contributed by atoms with E-state index in [2.05, 4.69) is 35.3 Å². The number of anilines is 1. The lowest BCUT2D eigenvalue weighted by Crippen LogP contribution is -2.23. The van der Waals surface area contributed by atoms with Crippen molar-refractivity contribution in [2.45, 2.75) is 52.5 Å². The van der Waals surface area contributed by atoms with E-state index in [1.165, 1.54) is 36.9 Å². The number of rotatable bonds is 2. The van der Waals surface area contributed by atoms with Crippen LogP contribution < -0.4 is 5.73 Å². The fourth-order valence-electron chi connectivity index (χ4n) is 5.03. The summed E-state index contributed by atoms with van der Waals surface area (Å²) in [6.07, 6.45) is 7.32. The molecule has 0 spiro atoms. The summed E-state index contributed by atoms with van der Waals surface area (Å²) in [5, 5.41) is 1.05. The van der Waals surface area contributed by atoms with Crippen LogP contribution in [0.5, 0.6) is 0 Å². The Kier molecular flexibility index (Phi) is 2.78. The van der Waals surface area contributed by atoms with E-state index in [0.29, 0.717) is 11.9 Å². The molecule has 0 aliphatic heterocycles. The van der Waals surface area contributed by atoms with Gasteiger partial charge in [-0.3, -0.25) is 0 Å². The fraction of sp³-hybridized carbons (Fsp3) is 0.647. The highest BCUT2D eigenvalue weighted by Gasteiger charge is 2.42. The molecule has 4 heteroatoms. The van der Waals surface area contributed by atoms with Gasteiger partial charge in [-0.1, -0.05) is 6.42 Å². The summed E-state index contributed by atoms with van der Waals surface area (Å²) in [6, 6.07) is 0.505. The quantitative estimate of drug-likeness (QED) is 0.916. The largest absolute Gasteiger partial charge is 0.383 e. The number of nitrogens with two attached hydrogens (primary N) is 1. The first-order valence-electron chi connectivity index (χ1n) is 8.15. The van der Waals surface area contributed by atoms with Crippen molar-refractivity contribution in [3.8, 4) is 0 Å². The monoisotopic (exact) mass is 284 g/mol. The number of hydrogen-bond donors (Lipinski definition) is 1. The summed E-state index contributed by atoms with van der Waals surface area (Å²) >= 11 is 0. The molecule has 0 radical (unpaired) electrons. The molecule has 2 aliphatic carbocycles. The SMILES string of the molecule is Cc1c(C)n(C(C)C2CC3CCC2C3)c2ncnc(N)c12. The maximum atomic E-state index is 6.09. The summed E-state index contributed by atoms with van der Waals surface area (Å²) in [6.45, 7) is 6.71. The maximum absolute atomic E-state index is 6.09. The first-order chi connectivity index (χ1) is 10.1. The number of aryl methyl sites for hydroxylation is 1. The summed E-state index contributed by atoms with van der Waals surface area (Å²) < 4.78 is 2.42. The highest BCUT2D eigenvalue weighted by Crippen LogP contribution is 2.52. The molecule has 2 N–H and O–H groups in total. The third kappa shape index (κ3) is 1.74. The van der Waals surface area contributed by atoms with Crippen LogP contribution in [-0.2, 0) is 0 Å². The van der Waals surface area contributed by atoms with Gasteiger partial charge in [-0.15, -0.1) is 0 Å². The van der Waals surface area contributed by atoms with Gasteiger partial charge >= 0.3 is 0 Å². The van der Waals surface area contributed by atoms with E-state index in [9.17, 15) is 0 Å². The molecule has 4 nitrogen and oxygen atoms in total. The van der Waals surface area contributed by atoms with E-state index in [1.807, 2.05) is 0 Å². The van der Waals surface area contributed by atoms with Gasteiger partial charge in [-0.2, -0.15) is 0 Å². The first kappa shape index (κ1) is 13.1. The second kappa shape index (κ2) is 4.46. The maximum Gasteiger partial charge on any atom is 0.146 e. The van der Waals surface area contributed by atoms with Crippen LogP contribution in [0.2, 0.25) is 0 Å². The molecule has 0 amide bonds. The molecule has 0 aromatic carbocycles. The van der Waals surface area contributed by atoms with Gasteiger partial charge in [0.2, 0.25) is 0 Å². The van der Waals surface area contributed by atoms with Crippen molar-refractivity contribution < 1.29 is 0 Å². The zero-order chi connectivity index (χ0) is 14.7. The molecule has 2 saturated carbocycles. The predicted octanol–water partition coefficient (Wildman–Crippen LogP) is 3.63. The van der Waals surface area contributed by atoms with Crippen LogP contribution >= 0.6 is 0 Å². The smallest absolute Gasteiger partial charge is 0.146 e. The van der Waals surface area contributed by atoms with Crippen LogP contribution in [0.3, 0.4) is 0 Å². The van der Waals surface area contributed by atoms with Crippen molar-refractivity contribution in [2.24, 2.45) is 17.8 Å². The van der Waals surface area contributed by atoms with Crippen molar-refractivity contribution in [2.75, 3.05) is 5.73 Å². The van der Waals surface area contributed by atoms with Gasteiger partial charge in [0.05, 0.1) is 5.39 Å². The molecule has 0 saturated heterocycles. The van der Waals surface area contributed by atoms with E-state index < -0.39 is 0 Å². The molecule has 4 unspecified atom stereocenters. The van der Waals surface area contributed by atoms with Crippen LogP contribution in [0.25, 0.3) is 11.0 Å². The van der Waals surface area contributed by atoms with E-state index in [0.717, 1.165) is 28.8 Å². The van der Waals surface area contributed by atoms with Crippen LogP contribution in [0.15, 0.2) is 6.33 Å². The Labute approximate surface area is 125 Å². The molecule has 21 heavy (non-hydrogen) atoms. The molecule has 4 atom stereocenters. The normalized spacial score (nSPS) is 29.4. The van der Waals surface area contributed by atoms with Crippen LogP contribution in [-0.4, -0.2) is 14.5 Å². The molecular weight excluding hydrogens is 260 g/mol. The lowest BCUT2D eigenvalue weighted by atomic mass is 9.84. The van der Waals surface area contributed by atoms with E-state index in [-0.39, 0.29) is 0 Å². The minimum Gasteiger partial charge on any atom is -0.383 e. The molecular formula is C17H24N4. The average molecular weight is 284 g/mol. The lowest BCUT2D eigenvalue weighted by Gasteiger charge is -2.30. The minimum absolute atomic E-state index is 0.505. The third-order valence-electron chi connectivity index (χ3n) is 6.18. The van der Waals surface area contributed by atoms with Crippen molar-refractivity contribution in [1.82, 2.24) is 14.5 Å². The minimum atomic E-state index is 0.505. The molecule has 2 aromatic heterocycles. The summed E-state index contributed by atoms with van der Waals surface area (Å²) in [7, 11) is 0. The van der Waals surface area contributed by atoms with Crippen LogP contribution in [0.1, 0.15) is 49.9 Å². The summed E-state index contributed by atoms with van der Waals surface area (Å²) in [5.74, 6) is 3.31. The van der Waals surface area contributed by atoms with Crippen molar-refractivity contribution >= 4 is 16.9 Å². The van der Waals surface area contributed by atoms with Gasteiger partial charge < -0.3 is 10.3 Å². The lowest BCUT2D eigenvalue weighted by molar-refractivity contribution is 0.244. The van der Waals surface area contributed by atoms with Gasteiger partial charge in [0.25, 0.3) is 0 Å². The standard InChI is InChI=1S/C17H24N4/c1-9-10(2)21(17-15(9)16(18)19-8-20-17)11(3)14-7-12-4-5-13(14)6-12/h8,11-14H,4-7H2,1-3H3,(H2,18,19,20). The Hall–Kier alpha value is -1.58. The molecule has 2 aromatic rings. The van der Waals surface area contributed by atoms with Gasteiger partial charge in [-0.25, -0.2) is 9.97 Å². The molecule has 2 heterocycles. The summed E-state index contributed by atoms with van der Waals surface area (Å²) in [5.41, 5.74) is 9.64. The van der Waals surface area contributed by atoms with Gasteiger partial charge in [0.15, 0.2) is 0 Å². The topological polar surface area (TPSA) is 56.7 Å². The second-order valence-electron chi connectivity index (χ2n) is 7.12. The van der Waals surface area contributed by atoms with Crippen molar-refractivity contribution in [3.05, 3.63) is 17.6 Å². The highest BCUT2D eigenvalue weighted by molar-refractivity contribution is 5.90. The zero-order valence-corrected chi connectivity index (χ0v) is 13.1. The number of aromatic nitrogens is 3. The fourth-order valence-corrected chi connectivity index (χ4v) is 5.03. The zero-order valence-electron chi connectivity index (χ0n) is 13.1. The van der Waals surface area contributed by atoms with E-state index in [4.69, 9.17) is 5.73 Å². The van der Waals surface area contributed by atoms with Crippen molar-refractivity contribution in [1.29, 1.82) is 0 Å². The first-order valence-corrected chi connectivity index (χ1v) is 8.15. The molecule has 4 rings (SSSR count). The average Bonchev–Trinajstić information content (AvgIpc) is 3.14. The molecule has 2 bridgehead atoms. The highest BCUT2D eigenvalue weighted by atomic mass is 15.1. The molecule has 2 aliphatic rings. The van der Waals surface area contributed by atoms with E-state index in [1.54, 1.807) is 6.33 Å². The Balaban J connectivity index is 1.83. The van der Waals surface area contributed by atoms with E-state index >= 15 is 0 Å². The Bertz CT molecular complexity index is 702. The number of hydrogen-bond acceptors (Lipinski definition) is 3. The number of nitrogen functional groups attached to an aromatic ring is 1. The second-order valence-corrected chi connectivity index (χ2v) is 7.12. The number of fused-ring (bicyclic) bond motifs is 3. The summed E-state index contributed by atoms with van der Waals surface area (Å²) in [4.78, 5) is 8.72. The Morgan fingerprint density at radius 3 is 2.71 bits per heavy atom. The van der Waals surface area contributed by atoms with Crippen LogP contribution in [0.4, 0.5) is 5.82 Å². The van der Waals surface area contributed by atoms with Crippen molar-refractivity contribution in [3.63, 3.8) is 0 Å². The Morgan fingerprint density at radius 2 is 2.05 bits per heavy atom. The van der Waals surface area contributed by atoms with Gasteiger partial charge in [0, 0.05) is 11.7 Å². The molecule has 112 valence electrons. The number of nitrogens with zero attached hydrogens (tertiary/aromatic N) is 3. The predicted molar refractivity (Wildman–Crippen MR) is 85.1 cm³/mol. The van der Waals surface area contributed by atoms with Gasteiger partial charge in [-0.05, 0) is 63.4 Å².